The molecule has 8 heteroatoms. The molecule has 2 N–H and O–H groups in total. The van der Waals surface area contributed by atoms with Crippen molar-refractivity contribution in [3.63, 3.8) is 0 Å². The van der Waals surface area contributed by atoms with Crippen molar-refractivity contribution in [3.05, 3.63) is 29.3 Å². The number of carboxylic acid groups (broad SMARTS) is 1. The average Bonchev–Trinajstić information content (AvgIpc) is 3.01. The molecule has 1 amide bonds. The predicted octanol–water partition coefficient (Wildman–Crippen LogP) is 1.38. The van der Waals surface area contributed by atoms with Gasteiger partial charge in [-0.15, -0.1) is 0 Å². The topological polar surface area (TPSA) is 104 Å². The fraction of sp³-hybridized carbons (Fsp3) is 0.529. The maximum atomic E-state index is 12.5. The first-order valence-electron chi connectivity index (χ1n) is 8.40. The van der Waals surface area contributed by atoms with Crippen LogP contribution in [0.15, 0.2) is 18.2 Å². The maximum Gasteiger partial charge on any atom is 0.306 e. The van der Waals surface area contributed by atoms with Gasteiger partial charge in [-0.1, -0.05) is 0 Å². The molecule has 0 radical (unpaired) electrons. The number of nitrogens with zero attached hydrogens (tertiary/aromatic N) is 1. The Kier molecular flexibility index (Phi) is 4.73. The van der Waals surface area contributed by atoms with E-state index in [1.54, 1.807) is 18.2 Å². The Morgan fingerprint density at radius 1 is 1.28 bits per heavy atom. The molecule has 1 heterocycles. The lowest BCUT2D eigenvalue weighted by Gasteiger charge is -2.29. The molecule has 3 rings (SSSR count). The third kappa shape index (κ3) is 3.78. The minimum Gasteiger partial charge on any atom is -0.481 e. The van der Waals surface area contributed by atoms with Gasteiger partial charge in [0.2, 0.25) is 10.0 Å². The maximum absolute atomic E-state index is 12.5. The molecule has 1 aromatic carbocycles. The smallest absolute Gasteiger partial charge is 0.306 e. The van der Waals surface area contributed by atoms with E-state index < -0.39 is 21.9 Å². The van der Waals surface area contributed by atoms with Gasteiger partial charge in [0.15, 0.2) is 0 Å². The van der Waals surface area contributed by atoms with Gasteiger partial charge in [-0.3, -0.25) is 13.9 Å². The third-order valence-electron chi connectivity index (χ3n) is 4.94. The Morgan fingerprint density at radius 3 is 2.68 bits per heavy atom. The summed E-state index contributed by atoms with van der Waals surface area (Å²) in [5.41, 5.74) is 1.96. The molecule has 25 heavy (non-hydrogen) atoms. The molecular formula is C17H22N2O5S. The lowest BCUT2D eigenvalue weighted by atomic mass is 10.0. The Bertz CT molecular complexity index is 805. The molecule has 0 bridgehead atoms. The fourth-order valence-electron chi connectivity index (χ4n) is 3.65. The number of nitrogens with one attached hydrogen (secondary N) is 1. The van der Waals surface area contributed by atoms with E-state index in [0.717, 1.165) is 12.0 Å². The van der Waals surface area contributed by atoms with E-state index in [4.69, 9.17) is 5.11 Å². The number of carboxylic acids is 1. The molecule has 0 unspecified atom stereocenters. The van der Waals surface area contributed by atoms with Crippen LogP contribution in [0.1, 0.15) is 41.6 Å². The lowest BCUT2D eigenvalue weighted by Crippen LogP contribution is -2.35. The monoisotopic (exact) mass is 366 g/mol. The number of rotatable bonds is 4. The second-order valence-electron chi connectivity index (χ2n) is 6.80. The van der Waals surface area contributed by atoms with Crippen molar-refractivity contribution in [2.75, 3.05) is 17.1 Å². The van der Waals surface area contributed by atoms with Gasteiger partial charge in [0, 0.05) is 18.2 Å². The summed E-state index contributed by atoms with van der Waals surface area (Å²) in [5.74, 6) is -1.45. The second-order valence-corrected chi connectivity index (χ2v) is 8.71. The van der Waals surface area contributed by atoms with Crippen LogP contribution >= 0.6 is 0 Å². The highest BCUT2D eigenvalue weighted by atomic mass is 32.2. The van der Waals surface area contributed by atoms with E-state index in [2.05, 4.69) is 5.32 Å². The summed E-state index contributed by atoms with van der Waals surface area (Å²) in [7, 11) is -3.33. The van der Waals surface area contributed by atoms with Gasteiger partial charge in [0.25, 0.3) is 5.91 Å². The summed E-state index contributed by atoms with van der Waals surface area (Å²) in [5, 5.41) is 11.9. The standard InChI is InChI=1S/C17H22N2O5S/c1-25(23,24)19-8-2-3-11-9-12(5-7-15(11)19)16(20)18-14-6-4-13(10-14)17(21)22/h5,7,9,13-14H,2-4,6,8,10H2,1H3,(H,18,20)(H,21,22)/t13-,14+/m1/s1. The Hall–Kier alpha value is -2.09. The van der Waals surface area contributed by atoms with Gasteiger partial charge in [-0.05, 0) is 55.9 Å². The van der Waals surface area contributed by atoms with E-state index >= 15 is 0 Å². The lowest BCUT2D eigenvalue weighted by molar-refractivity contribution is -0.141. The molecular weight excluding hydrogens is 344 g/mol. The van der Waals surface area contributed by atoms with Crippen LogP contribution in [0.2, 0.25) is 0 Å². The highest BCUT2D eigenvalue weighted by Gasteiger charge is 2.31. The summed E-state index contributed by atoms with van der Waals surface area (Å²) in [6.07, 6.45) is 4.32. The molecule has 0 saturated heterocycles. The van der Waals surface area contributed by atoms with Crippen molar-refractivity contribution in [1.29, 1.82) is 0 Å². The molecule has 0 spiro atoms. The van der Waals surface area contributed by atoms with Crippen LogP contribution in [0, 0.1) is 5.92 Å². The first-order chi connectivity index (χ1) is 11.8. The van der Waals surface area contributed by atoms with E-state index in [-0.39, 0.29) is 11.9 Å². The number of carbonyl (C=O) groups is 2. The molecule has 136 valence electrons. The van der Waals surface area contributed by atoms with Gasteiger partial charge in [-0.25, -0.2) is 8.42 Å². The number of sulfonamides is 1. The number of hydrogen-bond donors (Lipinski definition) is 2. The largest absolute Gasteiger partial charge is 0.481 e. The SMILES string of the molecule is CS(=O)(=O)N1CCCc2cc(C(=O)N[C@H]3CC[C@@H](C(=O)O)C3)ccc21. The first kappa shape index (κ1) is 17.7. The number of amides is 1. The summed E-state index contributed by atoms with van der Waals surface area (Å²) in [4.78, 5) is 23.5. The van der Waals surface area contributed by atoms with Crippen molar-refractivity contribution in [1.82, 2.24) is 5.32 Å². The molecule has 1 fully saturated rings. The Labute approximate surface area is 147 Å². The second kappa shape index (κ2) is 6.67. The number of carbonyl (C=O) groups excluding carboxylic acids is 1. The quantitative estimate of drug-likeness (QED) is 0.838. The van der Waals surface area contributed by atoms with Crippen molar-refractivity contribution in [3.8, 4) is 0 Å². The average molecular weight is 366 g/mol. The van der Waals surface area contributed by atoms with Gasteiger partial charge in [0.05, 0.1) is 17.9 Å². The van der Waals surface area contributed by atoms with Crippen LogP contribution in [0.4, 0.5) is 5.69 Å². The summed E-state index contributed by atoms with van der Waals surface area (Å²) in [6.45, 7) is 0.454. The predicted molar refractivity (Wildman–Crippen MR) is 93.2 cm³/mol. The highest BCUT2D eigenvalue weighted by molar-refractivity contribution is 7.92. The first-order valence-corrected chi connectivity index (χ1v) is 10.2. The molecule has 7 nitrogen and oxygen atoms in total. The minimum atomic E-state index is -3.33. The van der Waals surface area contributed by atoms with Crippen LogP contribution in [0.25, 0.3) is 0 Å². The Balaban J connectivity index is 1.74. The zero-order valence-corrected chi connectivity index (χ0v) is 14.9. The van der Waals surface area contributed by atoms with Crippen LogP contribution < -0.4 is 9.62 Å². The number of aryl methyl sites for hydroxylation is 1. The number of anilines is 1. The number of aliphatic carboxylic acids is 1. The van der Waals surface area contributed by atoms with Crippen LogP contribution in [-0.2, 0) is 21.2 Å². The zero-order chi connectivity index (χ0) is 18.2. The third-order valence-corrected chi connectivity index (χ3v) is 6.12. The van der Waals surface area contributed by atoms with E-state index in [1.807, 2.05) is 0 Å². The van der Waals surface area contributed by atoms with Crippen molar-refractivity contribution >= 4 is 27.6 Å². The van der Waals surface area contributed by atoms with E-state index in [1.165, 1.54) is 10.6 Å². The number of hydrogen-bond acceptors (Lipinski definition) is 4. The molecule has 1 aliphatic carbocycles. The summed E-state index contributed by atoms with van der Waals surface area (Å²) < 4.78 is 25.1. The minimum absolute atomic E-state index is 0.128. The number of fused-ring (bicyclic) bond motifs is 1. The van der Waals surface area contributed by atoms with Crippen LogP contribution in [0.5, 0.6) is 0 Å². The van der Waals surface area contributed by atoms with E-state index in [9.17, 15) is 18.0 Å². The Morgan fingerprint density at radius 2 is 2.04 bits per heavy atom. The van der Waals surface area contributed by atoms with Crippen molar-refractivity contribution in [2.24, 2.45) is 5.92 Å². The van der Waals surface area contributed by atoms with Crippen molar-refractivity contribution < 1.29 is 23.1 Å². The van der Waals surface area contributed by atoms with Gasteiger partial charge >= 0.3 is 5.97 Å². The summed E-state index contributed by atoms with van der Waals surface area (Å²) in [6, 6.07) is 4.92. The van der Waals surface area contributed by atoms with Crippen LogP contribution in [0.3, 0.4) is 0 Å². The molecule has 1 aromatic rings. The molecule has 0 aromatic heterocycles. The highest BCUT2D eigenvalue weighted by Crippen LogP contribution is 2.30. The molecule has 2 atom stereocenters. The molecule has 1 aliphatic heterocycles. The van der Waals surface area contributed by atoms with Gasteiger partial charge in [-0.2, -0.15) is 0 Å². The van der Waals surface area contributed by atoms with Gasteiger partial charge in [0.1, 0.15) is 0 Å². The molecule has 1 saturated carbocycles. The zero-order valence-electron chi connectivity index (χ0n) is 14.1. The molecule has 2 aliphatic rings. The van der Waals surface area contributed by atoms with Crippen LogP contribution in [-0.4, -0.2) is 44.2 Å². The van der Waals surface area contributed by atoms with Gasteiger partial charge < -0.3 is 10.4 Å². The van der Waals surface area contributed by atoms with E-state index in [0.29, 0.717) is 43.5 Å². The number of benzene rings is 1. The summed E-state index contributed by atoms with van der Waals surface area (Å²) >= 11 is 0. The van der Waals surface area contributed by atoms with Crippen molar-refractivity contribution in [2.45, 2.75) is 38.1 Å². The normalized spacial score (nSPS) is 23.2. The fourth-order valence-corrected chi connectivity index (χ4v) is 4.65.